The molecule has 0 unspecified atom stereocenters. The van der Waals surface area contributed by atoms with E-state index in [4.69, 9.17) is 10.2 Å². The number of unbranched alkanes of at least 4 members (excludes halogenated alkanes) is 15. The first kappa shape index (κ1) is 40.2. The summed E-state index contributed by atoms with van der Waals surface area (Å²) in [6.45, 7) is 2.44. The molecule has 0 heterocycles. The van der Waals surface area contributed by atoms with Crippen molar-refractivity contribution in [3.05, 3.63) is 35.4 Å². The summed E-state index contributed by atoms with van der Waals surface area (Å²) in [6.07, 6.45) is 23.4. The van der Waals surface area contributed by atoms with Crippen LogP contribution in [0.4, 0.5) is 25.2 Å². The van der Waals surface area contributed by atoms with Crippen molar-refractivity contribution >= 4 is 24.5 Å². The van der Waals surface area contributed by atoms with Gasteiger partial charge in [0.2, 0.25) is 5.78 Å². The number of Topliss-reactive ketones (excluding diaryl/α,β-unsaturated/α-hetero) is 1. The van der Waals surface area contributed by atoms with Gasteiger partial charge in [-0.15, -0.1) is 0 Å². The molecule has 41 heavy (non-hydrogen) atoms. The van der Waals surface area contributed by atoms with Gasteiger partial charge >= 0.3 is 33.0 Å². The molecule has 244 valence electrons. The van der Waals surface area contributed by atoms with Crippen LogP contribution in [0.25, 0.3) is 0 Å². The minimum absolute atomic E-state index is 0.0780. The Hall–Kier alpha value is -0.830. The Morgan fingerprint density at radius 1 is 0.634 bits per heavy atom. The summed E-state index contributed by atoms with van der Waals surface area (Å²) in [5, 5.41) is 18.3. The second kappa shape index (κ2) is 21.0. The summed E-state index contributed by atoms with van der Waals surface area (Å²) in [5.74, 6) is 1.76. The van der Waals surface area contributed by atoms with Gasteiger partial charge in [-0.25, -0.2) is 0 Å². The molecule has 0 bridgehead atoms. The second-order valence-corrected chi connectivity index (χ2v) is 15.0. The SMILES string of the molecule is CCCCCCCCCCCCCCCCCCc1ccc(C(=O)C[S+](CCO)CCO)cc1.F[P-](F)(F)(F)(F)F. The van der Waals surface area contributed by atoms with E-state index in [-0.39, 0.29) is 29.9 Å². The monoisotopic (exact) mass is 638 g/mol. The Kier molecular flexibility index (Phi) is 20.5. The molecule has 0 fully saturated rings. The third-order valence-electron chi connectivity index (χ3n) is 6.69. The maximum absolute atomic E-state index is 12.5. The van der Waals surface area contributed by atoms with Gasteiger partial charge in [-0.1, -0.05) is 128 Å². The Labute approximate surface area is 246 Å². The maximum atomic E-state index is 12.5. The van der Waals surface area contributed by atoms with Gasteiger partial charge in [0, 0.05) is 16.5 Å². The van der Waals surface area contributed by atoms with Crippen molar-refractivity contribution in [3.63, 3.8) is 0 Å². The summed E-state index contributed by atoms with van der Waals surface area (Å²) in [6, 6.07) is 8.08. The molecule has 3 nitrogen and oxygen atoms in total. The van der Waals surface area contributed by atoms with E-state index in [0.717, 1.165) is 12.0 Å². The van der Waals surface area contributed by atoms with Crippen molar-refractivity contribution in [1.82, 2.24) is 0 Å². The first-order chi connectivity index (χ1) is 19.2. The van der Waals surface area contributed by atoms with Gasteiger partial charge in [-0.3, -0.25) is 4.79 Å². The number of rotatable bonds is 24. The molecule has 0 amide bonds. The van der Waals surface area contributed by atoms with E-state index in [9.17, 15) is 30.0 Å². The average molecular weight is 639 g/mol. The summed E-state index contributed by atoms with van der Waals surface area (Å²) in [5.41, 5.74) is 2.07. The zero-order valence-corrected chi connectivity index (χ0v) is 26.5. The van der Waals surface area contributed by atoms with Gasteiger partial charge in [-0.05, 0) is 18.4 Å². The molecule has 1 rings (SSSR count). The summed E-state index contributed by atoms with van der Waals surface area (Å²) < 4.78 is 59.2. The average Bonchev–Trinajstić information content (AvgIpc) is 2.87. The predicted molar refractivity (Wildman–Crippen MR) is 164 cm³/mol. The van der Waals surface area contributed by atoms with E-state index in [1.54, 1.807) is 0 Å². The van der Waals surface area contributed by atoms with Crippen molar-refractivity contribution in [2.24, 2.45) is 0 Å². The molecule has 0 spiro atoms. The van der Waals surface area contributed by atoms with Crippen LogP contribution in [0.2, 0.25) is 0 Å². The van der Waals surface area contributed by atoms with E-state index < -0.39 is 7.81 Å². The Morgan fingerprint density at radius 2 is 0.976 bits per heavy atom. The molecule has 1 aromatic rings. The van der Waals surface area contributed by atoms with Crippen molar-refractivity contribution in [2.45, 2.75) is 116 Å². The number of ketones is 1. The van der Waals surface area contributed by atoms with Gasteiger partial charge in [0.15, 0.2) is 5.75 Å². The number of halogens is 6. The first-order valence-corrected chi connectivity index (χ1v) is 19.0. The molecule has 0 aromatic heterocycles. The summed E-state index contributed by atoms with van der Waals surface area (Å²) >= 11 is 0. The van der Waals surface area contributed by atoms with Crippen LogP contribution in [0.3, 0.4) is 0 Å². The zero-order chi connectivity index (χ0) is 31.1. The van der Waals surface area contributed by atoms with E-state index in [2.05, 4.69) is 19.1 Å². The molecule has 1 aromatic carbocycles. The fourth-order valence-electron chi connectivity index (χ4n) is 4.51. The molecule has 0 atom stereocenters. The number of carbonyl (C=O) groups excluding carboxylic acids is 1. The Morgan fingerprint density at radius 3 is 1.32 bits per heavy atom. The van der Waals surface area contributed by atoms with Gasteiger partial charge in [0.1, 0.15) is 11.5 Å². The number of aryl methyl sites for hydroxylation is 1. The summed E-state index contributed by atoms with van der Waals surface area (Å²) in [7, 11) is -10.9. The molecule has 0 saturated carbocycles. The van der Waals surface area contributed by atoms with E-state index in [0.29, 0.717) is 17.3 Å². The second-order valence-electron chi connectivity index (χ2n) is 10.7. The minimum atomic E-state index is -10.7. The molecular weight excluding hydrogens is 585 g/mol. The molecule has 2 N–H and O–H groups in total. The molecule has 11 heteroatoms. The van der Waals surface area contributed by atoms with Crippen LogP contribution in [0.15, 0.2) is 24.3 Å². The van der Waals surface area contributed by atoms with Crippen LogP contribution in [0, 0.1) is 0 Å². The van der Waals surface area contributed by atoms with Crippen LogP contribution < -0.4 is 0 Å². The van der Waals surface area contributed by atoms with E-state index in [1.165, 1.54) is 108 Å². The summed E-state index contributed by atoms with van der Waals surface area (Å²) in [4.78, 5) is 12.5. The number of carbonyl (C=O) groups is 1. The van der Waals surface area contributed by atoms with E-state index in [1.807, 2.05) is 12.1 Å². The van der Waals surface area contributed by atoms with Crippen LogP contribution in [-0.2, 0) is 17.3 Å². The van der Waals surface area contributed by atoms with Gasteiger partial charge in [-0.2, -0.15) is 0 Å². The third-order valence-corrected chi connectivity index (χ3v) is 8.88. The molecule has 0 aliphatic heterocycles. The molecule has 0 aliphatic carbocycles. The zero-order valence-electron chi connectivity index (χ0n) is 24.8. The topological polar surface area (TPSA) is 57.5 Å². The number of aliphatic hydroxyl groups is 2. The number of aliphatic hydroxyl groups excluding tert-OH is 2. The van der Waals surface area contributed by atoms with Gasteiger partial charge in [0.05, 0.1) is 13.2 Å². The number of hydrogen-bond acceptors (Lipinski definition) is 3. The first-order valence-electron chi connectivity index (χ1n) is 15.2. The number of benzene rings is 1. The van der Waals surface area contributed by atoms with Crippen LogP contribution in [0.5, 0.6) is 0 Å². The van der Waals surface area contributed by atoms with Crippen molar-refractivity contribution in [1.29, 1.82) is 0 Å². The molecule has 0 radical (unpaired) electrons. The third kappa shape index (κ3) is 31.9. The number of hydrogen-bond donors (Lipinski definition) is 2. The van der Waals surface area contributed by atoms with E-state index >= 15 is 0 Å². The normalized spacial score (nSPS) is 13.4. The van der Waals surface area contributed by atoms with Crippen molar-refractivity contribution in [2.75, 3.05) is 30.5 Å². The van der Waals surface area contributed by atoms with Crippen molar-refractivity contribution in [3.8, 4) is 0 Å². The van der Waals surface area contributed by atoms with Crippen molar-refractivity contribution < 1.29 is 40.2 Å². The van der Waals surface area contributed by atoms with Crippen LogP contribution in [0.1, 0.15) is 126 Å². The standard InChI is InChI=1S/C30H53O3S.F6P/c1-2-3-4-5-6-7-8-9-10-11-12-13-14-15-16-17-18-28-19-21-29(22-20-28)30(33)27-34(25-23-31)26-24-32;1-7(2,3,4,5)6/h19-22,31-32H,2-18,23-27H2,1H3;/q+1;-1. The predicted octanol–water partition coefficient (Wildman–Crippen LogP) is 10.7. The van der Waals surface area contributed by atoms with Crippen LogP contribution >= 0.6 is 7.81 Å². The fraction of sp³-hybridized carbons (Fsp3) is 0.767. The quantitative estimate of drug-likeness (QED) is 0.0389. The van der Waals surface area contributed by atoms with Crippen LogP contribution in [-0.4, -0.2) is 46.5 Å². The fourth-order valence-corrected chi connectivity index (χ4v) is 6.05. The Balaban J connectivity index is 0.00000201. The Bertz CT molecular complexity index is 774. The molecular formula is C30H53F6O3PS. The van der Waals surface area contributed by atoms with Gasteiger partial charge < -0.3 is 10.2 Å². The molecule has 0 aliphatic rings. The molecule has 0 saturated heterocycles. The van der Waals surface area contributed by atoms with Gasteiger partial charge in [0.25, 0.3) is 0 Å².